The number of aryl methyl sites for hydroxylation is 1. The lowest BCUT2D eigenvalue weighted by Gasteiger charge is -2.31. The third-order valence-corrected chi connectivity index (χ3v) is 3.65. The topological polar surface area (TPSA) is 29.3 Å². The fourth-order valence-corrected chi connectivity index (χ4v) is 2.46. The summed E-state index contributed by atoms with van der Waals surface area (Å²) in [7, 11) is 0. The zero-order valence-electron chi connectivity index (χ0n) is 10.4. The van der Waals surface area contributed by atoms with Gasteiger partial charge >= 0.3 is 0 Å². The molecule has 1 saturated heterocycles. The fraction of sp³-hybridized carbons (Fsp3) is 0.571. The van der Waals surface area contributed by atoms with Gasteiger partial charge in [0.2, 0.25) is 0 Å². The van der Waals surface area contributed by atoms with E-state index in [9.17, 15) is 0 Å². The smallest absolute Gasteiger partial charge is 0.0237 e. The predicted molar refractivity (Wildman–Crippen MR) is 68.4 cm³/mol. The van der Waals surface area contributed by atoms with Gasteiger partial charge in [0.05, 0.1) is 0 Å². The highest BCUT2D eigenvalue weighted by molar-refractivity contribution is 5.33. The Morgan fingerprint density at radius 1 is 1.38 bits per heavy atom. The third kappa shape index (κ3) is 2.63. The summed E-state index contributed by atoms with van der Waals surface area (Å²) in [6.07, 6.45) is 2.43. The Balaban J connectivity index is 2.05. The minimum Gasteiger partial charge on any atom is -0.327 e. The molecular weight excluding hydrogens is 196 g/mol. The van der Waals surface area contributed by atoms with Crippen molar-refractivity contribution in [2.75, 3.05) is 13.1 Å². The van der Waals surface area contributed by atoms with Crippen LogP contribution < -0.4 is 5.73 Å². The van der Waals surface area contributed by atoms with Crippen LogP contribution in [0.3, 0.4) is 0 Å². The quantitative estimate of drug-likeness (QED) is 0.825. The molecule has 2 nitrogen and oxygen atoms in total. The normalized spacial score (nSPS) is 22.3. The summed E-state index contributed by atoms with van der Waals surface area (Å²) in [4.78, 5) is 2.48. The number of hydrogen-bond acceptors (Lipinski definition) is 2. The highest BCUT2D eigenvalue weighted by atomic mass is 15.1. The SMILES string of the molecule is Cc1cccc(CN2CCCC(N)C2)c1C. The van der Waals surface area contributed by atoms with Gasteiger partial charge in [-0.05, 0) is 49.9 Å². The van der Waals surface area contributed by atoms with Crippen LogP contribution in [0.25, 0.3) is 0 Å². The van der Waals surface area contributed by atoms with E-state index in [1.807, 2.05) is 0 Å². The Morgan fingerprint density at radius 2 is 2.19 bits per heavy atom. The number of piperidine rings is 1. The molecule has 1 fully saturated rings. The Morgan fingerprint density at radius 3 is 2.94 bits per heavy atom. The molecule has 1 aliphatic rings. The molecule has 0 spiro atoms. The lowest BCUT2D eigenvalue weighted by Crippen LogP contribution is -2.42. The summed E-state index contributed by atoms with van der Waals surface area (Å²) in [5.41, 5.74) is 10.3. The second-order valence-corrected chi connectivity index (χ2v) is 5.00. The summed E-state index contributed by atoms with van der Waals surface area (Å²) in [6.45, 7) is 7.70. The zero-order chi connectivity index (χ0) is 11.5. The summed E-state index contributed by atoms with van der Waals surface area (Å²) >= 11 is 0. The van der Waals surface area contributed by atoms with Crippen LogP contribution in [0, 0.1) is 13.8 Å². The molecule has 1 atom stereocenters. The highest BCUT2D eigenvalue weighted by Gasteiger charge is 2.17. The van der Waals surface area contributed by atoms with Crippen molar-refractivity contribution < 1.29 is 0 Å². The molecule has 1 heterocycles. The van der Waals surface area contributed by atoms with E-state index in [1.165, 1.54) is 36.1 Å². The Kier molecular flexibility index (Phi) is 3.62. The average Bonchev–Trinajstić information content (AvgIpc) is 2.25. The third-order valence-electron chi connectivity index (χ3n) is 3.65. The van der Waals surface area contributed by atoms with E-state index in [1.54, 1.807) is 0 Å². The molecule has 2 N–H and O–H groups in total. The number of rotatable bonds is 2. The van der Waals surface area contributed by atoms with Gasteiger partial charge in [0.15, 0.2) is 0 Å². The van der Waals surface area contributed by atoms with E-state index in [2.05, 4.69) is 36.9 Å². The van der Waals surface area contributed by atoms with Crippen LogP contribution in [-0.4, -0.2) is 24.0 Å². The second-order valence-electron chi connectivity index (χ2n) is 5.00. The highest BCUT2D eigenvalue weighted by Crippen LogP contribution is 2.17. The van der Waals surface area contributed by atoms with Gasteiger partial charge in [0.25, 0.3) is 0 Å². The molecule has 16 heavy (non-hydrogen) atoms. The number of likely N-dealkylation sites (tertiary alicyclic amines) is 1. The average molecular weight is 218 g/mol. The van der Waals surface area contributed by atoms with E-state index >= 15 is 0 Å². The standard InChI is InChI=1S/C14H22N2/c1-11-5-3-6-13(12(11)2)9-16-8-4-7-14(15)10-16/h3,5-6,14H,4,7-10,15H2,1-2H3. The van der Waals surface area contributed by atoms with Crippen molar-refractivity contribution in [3.8, 4) is 0 Å². The van der Waals surface area contributed by atoms with E-state index in [4.69, 9.17) is 5.73 Å². The van der Waals surface area contributed by atoms with Crippen molar-refractivity contribution in [3.63, 3.8) is 0 Å². The first-order valence-corrected chi connectivity index (χ1v) is 6.20. The molecule has 1 aromatic rings. The monoisotopic (exact) mass is 218 g/mol. The van der Waals surface area contributed by atoms with Gasteiger partial charge in [-0.3, -0.25) is 4.90 Å². The van der Waals surface area contributed by atoms with Gasteiger partial charge < -0.3 is 5.73 Å². The molecule has 1 aromatic carbocycles. The summed E-state index contributed by atoms with van der Waals surface area (Å²) in [5, 5.41) is 0. The van der Waals surface area contributed by atoms with Gasteiger partial charge in [-0.25, -0.2) is 0 Å². The van der Waals surface area contributed by atoms with Gasteiger partial charge in [-0.15, -0.1) is 0 Å². The van der Waals surface area contributed by atoms with Crippen LogP contribution in [0.2, 0.25) is 0 Å². The molecule has 2 rings (SSSR count). The second kappa shape index (κ2) is 4.98. The lowest BCUT2D eigenvalue weighted by molar-refractivity contribution is 0.201. The van der Waals surface area contributed by atoms with E-state index < -0.39 is 0 Å². The van der Waals surface area contributed by atoms with Crippen LogP contribution in [-0.2, 0) is 6.54 Å². The van der Waals surface area contributed by atoms with Crippen molar-refractivity contribution in [1.29, 1.82) is 0 Å². The van der Waals surface area contributed by atoms with E-state index in [0.29, 0.717) is 6.04 Å². The molecule has 0 bridgehead atoms. The van der Waals surface area contributed by atoms with Gasteiger partial charge in [0, 0.05) is 19.1 Å². The van der Waals surface area contributed by atoms with Crippen LogP contribution in [0.1, 0.15) is 29.5 Å². The molecule has 1 unspecified atom stereocenters. The van der Waals surface area contributed by atoms with Crippen molar-refractivity contribution in [1.82, 2.24) is 4.90 Å². The van der Waals surface area contributed by atoms with Gasteiger partial charge in [-0.1, -0.05) is 18.2 Å². The fourth-order valence-electron chi connectivity index (χ4n) is 2.46. The Bertz CT molecular complexity index is 360. The summed E-state index contributed by atoms with van der Waals surface area (Å²) in [6, 6.07) is 6.95. The molecule has 1 aliphatic heterocycles. The molecule has 0 amide bonds. The van der Waals surface area contributed by atoms with Crippen molar-refractivity contribution >= 4 is 0 Å². The maximum atomic E-state index is 6.01. The van der Waals surface area contributed by atoms with Gasteiger partial charge in [-0.2, -0.15) is 0 Å². The minimum atomic E-state index is 0.374. The van der Waals surface area contributed by atoms with Crippen molar-refractivity contribution in [2.24, 2.45) is 5.73 Å². The number of hydrogen-bond donors (Lipinski definition) is 1. The molecule has 0 aliphatic carbocycles. The molecule has 88 valence electrons. The Hall–Kier alpha value is -0.860. The van der Waals surface area contributed by atoms with Crippen molar-refractivity contribution in [2.45, 2.75) is 39.3 Å². The number of nitrogens with two attached hydrogens (primary N) is 1. The zero-order valence-corrected chi connectivity index (χ0v) is 10.4. The van der Waals surface area contributed by atoms with Crippen LogP contribution in [0.5, 0.6) is 0 Å². The molecular formula is C14H22N2. The molecule has 2 heteroatoms. The first-order chi connectivity index (χ1) is 7.66. The molecule has 0 saturated carbocycles. The lowest BCUT2D eigenvalue weighted by atomic mass is 10.0. The summed E-state index contributed by atoms with van der Waals surface area (Å²) in [5.74, 6) is 0. The van der Waals surface area contributed by atoms with Crippen LogP contribution in [0.4, 0.5) is 0 Å². The Labute approximate surface area is 98.4 Å². The largest absolute Gasteiger partial charge is 0.327 e. The predicted octanol–water partition coefficient (Wildman–Crippen LogP) is 2.23. The number of nitrogens with zero attached hydrogens (tertiary/aromatic N) is 1. The van der Waals surface area contributed by atoms with Crippen LogP contribution >= 0.6 is 0 Å². The molecule has 0 radical (unpaired) electrons. The first kappa shape index (κ1) is 11.6. The van der Waals surface area contributed by atoms with Gasteiger partial charge in [0.1, 0.15) is 0 Å². The summed E-state index contributed by atoms with van der Waals surface area (Å²) < 4.78 is 0. The maximum Gasteiger partial charge on any atom is 0.0237 e. The minimum absolute atomic E-state index is 0.374. The van der Waals surface area contributed by atoms with E-state index in [0.717, 1.165) is 13.1 Å². The maximum absolute atomic E-state index is 6.01. The number of benzene rings is 1. The molecule has 0 aromatic heterocycles. The van der Waals surface area contributed by atoms with E-state index in [-0.39, 0.29) is 0 Å². The van der Waals surface area contributed by atoms with Crippen molar-refractivity contribution in [3.05, 3.63) is 34.9 Å². The van der Waals surface area contributed by atoms with Crippen LogP contribution in [0.15, 0.2) is 18.2 Å². The first-order valence-electron chi connectivity index (χ1n) is 6.20.